The molecule has 0 fully saturated rings. The topological polar surface area (TPSA) is 47.6 Å². The largest absolute Gasteiger partial charge is 0.497 e. The number of halogens is 3. The van der Waals surface area contributed by atoms with Gasteiger partial charge in [0.15, 0.2) is 6.61 Å². The van der Waals surface area contributed by atoms with Crippen LogP contribution in [0.4, 0.5) is 13.2 Å². The maximum atomic E-state index is 12.7. The maximum absolute atomic E-state index is 12.7. The van der Waals surface area contributed by atoms with Gasteiger partial charge in [0.1, 0.15) is 11.5 Å². The molecule has 0 bridgehead atoms. The van der Waals surface area contributed by atoms with Crippen LogP contribution in [0, 0.1) is 0 Å². The van der Waals surface area contributed by atoms with E-state index in [9.17, 15) is 18.0 Å². The van der Waals surface area contributed by atoms with Crippen LogP contribution in [-0.4, -0.2) is 19.6 Å². The van der Waals surface area contributed by atoms with Crippen LogP contribution in [0.2, 0.25) is 0 Å². The van der Waals surface area contributed by atoms with Crippen LogP contribution in [0.5, 0.6) is 11.5 Å². The number of nitrogens with one attached hydrogen (secondary N) is 1. The summed E-state index contributed by atoms with van der Waals surface area (Å²) in [6.45, 7) is -0.0845. The van der Waals surface area contributed by atoms with Crippen molar-refractivity contribution < 1.29 is 27.4 Å². The lowest BCUT2D eigenvalue weighted by atomic mass is 10.1. The second kappa shape index (κ2) is 8.21. The lowest BCUT2D eigenvalue weighted by Crippen LogP contribution is -2.28. The van der Waals surface area contributed by atoms with Crippen LogP contribution in [0.25, 0.3) is 10.8 Å². The molecule has 28 heavy (non-hydrogen) atoms. The van der Waals surface area contributed by atoms with Gasteiger partial charge >= 0.3 is 6.18 Å². The Kier molecular flexibility index (Phi) is 5.73. The van der Waals surface area contributed by atoms with E-state index in [1.54, 1.807) is 7.11 Å². The molecule has 0 aliphatic carbocycles. The molecule has 0 unspecified atom stereocenters. The van der Waals surface area contributed by atoms with Gasteiger partial charge in [-0.05, 0) is 52.7 Å². The Morgan fingerprint density at radius 2 is 1.71 bits per heavy atom. The summed E-state index contributed by atoms with van der Waals surface area (Å²) >= 11 is 0. The number of ether oxygens (including phenoxy) is 2. The first-order valence-electron chi connectivity index (χ1n) is 8.48. The van der Waals surface area contributed by atoms with E-state index in [-0.39, 0.29) is 18.9 Å². The van der Waals surface area contributed by atoms with Gasteiger partial charge in [0.25, 0.3) is 5.91 Å². The summed E-state index contributed by atoms with van der Waals surface area (Å²) in [6, 6.07) is 15.9. The fraction of sp³-hybridized carbons (Fsp3) is 0.190. The summed E-state index contributed by atoms with van der Waals surface area (Å²) in [7, 11) is 1.60. The van der Waals surface area contributed by atoms with Crippen molar-refractivity contribution >= 4 is 16.7 Å². The predicted molar refractivity (Wildman–Crippen MR) is 99.3 cm³/mol. The van der Waals surface area contributed by atoms with Gasteiger partial charge in [-0.3, -0.25) is 4.79 Å². The van der Waals surface area contributed by atoms with Crippen molar-refractivity contribution in [1.82, 2.24) is 5.32 Å². The number of amides is 1. The average molecular weight is 389 g/mol. The van der Waals surface area contributed by atoms with Crippen molar-refractivity contribution in [3.05, 3.63) is 71.8 Å². The third-order valence-corrected chi connectivity index (χ3v) is 4.13. The maximum Gasteiger partial charge on any atom is 0.416 e. The van der Waals surface area contributed by atoms with Crippen molar-refractivity contribution in [2.75, 3.05) is 13.7 Å². The molecule has 3 aromatic carbocycles. The summed E-state index contributed by atoms with van der Waals surface area (Å²) in [5, 5.41) is 4.71. The molecule has 0 spiro atoms. The van der Waals surface area contributed by atoms with Crippen LogP contribution in [0.15, 0.2) is 60.7 Å². The zero-order valence-electron chi connectivity index (χ0n) is 15.0. The number of rotatable bonds is 6. The number of fused-ring (bicyclic) bond motifs is 1. The van der Waals surface area contributed by atoms with Gasteiger partial charge in [0.05, 0.1) is 12.7 Å². The first-order chi connectivity index (χ1) is 13.3. The molecule has 0 aliphatic rings. The minimum absolute atomic E-state index is 0.00960. The normalized spacial score (nSPS) is 11.3. The van der Waals surface area contributed by atoms with Gasteiger partial charge in [-0.25, -0.2) is 0 Å². The van der Waals surface area contributed by atoms with E-state index in [1.165, 1.54) is 12.1 Å². The fourth-order valence-corrected chi connectivity index (χ4v) is 2.67. The Balaban J connectivity index is 1.55. The second-order valence-electron chi connectivity index (χ2n) is 6.14. The molecule has 7 heteroatoms. The minimum Gasteiger partial charge on any atom is -0.497 e. The molecular weight excluding hydrogens is 371 g/mol. The van der Waals surface area contributed by atoms with Crippen LogP contribution >= 0.6 is 0 Å². The van der Waals surface area contributed by atoms with Gasteiger partial charge in [-0.2, -0.15) is 13.2 Å². The number of alkyl halides is 3. The monoisotopic (exact) mass is 389 g/mol. The number of methoxy groups -OCH3 is 1. The van der Waals surface area contributed by atoms with E-state index in [4.69, 9.17) is 9.47 Å². The standard InChI is InChI=1S/C21H18F3NO3/c1-27-18-8-7-15-9-14(5-6-16(15)10-18)12-25-20(26)13-28-19-4-2-3-17(11-19)21(22,23)24/h2-11H,12-13H2,1H3,(H,25,26). The van der Waals surface area contributed by atoms with E-state index >= 15 is 0 Å². The van der Waals surface area contributed by atoms with Gasteiger partial charge in [-0.15, -0.1) is 0 Å². The van der Waals surface area contributed by atoms with Crippen molar-refractivity contribution in [3.63, 3.8) is 0 Å². The Labute approximate surface area is 159 Å². The highest BCUT2D eigenvalue weighted by molar-refractivity contribution is 5.84. The van der Waals surface area contributed by atoms with Gasteiger partial charge in [-0.1, -0.05) is 24.3 Å². The summed E-state index contributed by atoms with van der Waals surface area (Å²) in [6.07, 6.45) is -4.46. The smallest absolute Gasteiger partial charge is 0.416 e. The molecule has 0 saturated heterocycles. The summed E-state index contributed by atoms with van der Waals surface area (Å²) < 4.78 is 48.4. The van der Waals surface area contributed by atoms with Crippen LogP contribution in [0.1, 0.15) is 11.1 Å². The fourth-order valence-electron chi connectivity index (χ4n) is 2.67. The minimum atomic E-state index is -4.46. The van der Waals surface area contributed by atoms with Crippen LogP contribution < -0.4 is 14.8 Å². The van der Waals surface area contributed by atoms with Crippen molar-refractivity contribution in [2.24, 2.45) is 0 Å². The van der Waals surface area contributed by atoms with E-state index < -0.39 is 17.6 Å². The molecule has 0 aromatic heterocycles. The lowest BCUT2D eigenvalue weighted by Gasteiger charge is -2.11. The van der Waals surface area contributed by atoms with E-state index in [1.807, 2.05) is 36.4 Å². The molecule has 3 rings (SSSR count). The second-order valence-corrected chi connectivity index (χ2v) is 6.14. The highest BCUT2D eigenvalue weighted by Crippen LogP contribution is 2.31. The Hall–Kier alpha value is -3.22. The number of carbonyl (C=O) groups excluding carboxylic acids is 1. The number of hydrogen-bond acceptors (Lipinski definition) is 3. The summed E-state index contributed by atoms with van der Waals surface area (Å²) in [5.74, 6) is 0.331. The average Bonchev–Trinajstić information content (AvgIpc) is 2.69. The third kappa shape index (κ3) is 4.94. The molecule has 4 nitrogen and oxygen atoms in total. The molecule has 146 valence electrons. The molecule has 1 N–H and O–H groups in total. The van der Waals surface area contributed by atoms with E-state index in [0.29, 0.717) is 0 Å². The zero-order valence-corrected chi connectivity index (χ0v) is 15.0. The van der Waals surface area contributed by atoms with Crippen molar-refractivity contribution in [1.29, 1.82) is 0 Å². The Bertz CT molecular complexity index is 986. The molecule has 0 saturated carbocycles. The molecule has 3 aromatic rings. The molecule has 0 radical (unpaired) electrons. The predicted octanol–water partition coefficient (Wildman–Crippen LogP) is 4.56. The first-order valence-corrected chi connectivity index (χ1v) is 8.48. The number of hydrogen-bond donors (Lipinski definition) is 1. The van der Waals surface area contributed by atoms with E-state index in [0.717, 1.165) is 34.2 Å². The molecule has 0 atom stereocenters. The Morgan fingerprint density at radius 1 is 0.964 bits per heavy atom. The third-order valence-electron chi connectivity index (χ3n) is 4.13. The summed E-state index contributed by atoms with van der Waals surface area (Å²) in [4.78, 5) is 11.9. The quantitative estimate of drug-likeness (QED) is 0.672. The van der Waals surface area contributed by atoms with Crippen molar-refractivity contribution in [2.45, 2.75) is 12.7 Å². The van der Waals surface area contributed by atoms with Gasteiger partial charge < -0.3 is 14.8 Å². The Morgan fingerprint density at radius 3 is 2.46 bits per heavy atom. The van der Waals surface area contributed by atoms with Gasteiger partial charge in [0, 0.05) is 6.54 Å². The molecule has 0 aliphatic heterocycles. The highest BCUT2D eigenvalue weighted by atomic mass is 19.4. The summed E-state index contributed by atoms with van der Waals surface area (Å²) in [5.41, 5.74) is 0.0725. The van der Waals surface area contributed by atoms with Crippen LogP contribution in [-0.2, 0) is 17.5 Å². The number of benzene rings is 3. The number of carbonyl (C=O) groups is 1. The first kappa shape index (κ1) is 19.5. The highest BCUT2D eigenvalue weighted by Gasteiger charge is 2.30. The lowest BCUT2D eigenvalue weighted by molar-refractivity contribution is -0.137. The van der Waals surface area contributed by atoms with Crippen molar-refractivity contribution in [3.8, 4) is 11.5 Å². The van der Waals surface area contributed by atoms with Gasteiger partial charge in [0.2, 0.25) is 0 Å². The molecular formula is C21H18F3NO3. The SMILES string of the molecule is COc1ccc2cc(CNC(=O)COc3cccc(C(F)(F)F)c3)ccc2c1. The van der Waals surface area contributed by atoms with E-state index in [2.05, 4.69) is 5.32 Å². The molecule has 0 heterocycles. The van der Waals surface area contributed by atoms with Crippen LogP contribution in [0.3, 0.4) is 0 Å². The molecule has 1 amide bonds. The zero-order chi connectivity index (χ0) is 20.1.